The molecule has 1 aliphatic rings. The molecule has 0 aliphatic carbocycles. The lowest BCUT2D eigenvalue weighted by molar-refractivity contribution is 0.529. The lowest BCUT2D eigenvalue weighted by Gasteiger charge is -2.31. The predicted octanol–water partition coefficient (Wildman–Crippen LogP) is 6.10. The molecule has 8 heteroatoms. The first-order valence-electron chi connectivity index (χ1n) is 10.2. The van der Waals surface area contributed by atoms with E-state index in [2.05, 4.69) is 42.3 Å². The smallest absolute Gasteiger partial charge is 0.185 e. The van der Waals surface area contributed by atoms with E-state index in [4.69, 9.17) is 28.2 Å². The summed E-state index contributed by atoms with van der Waals surface area (Å²) in [6.45, 7) is 5.54. The lowest BCUT2D eigenvalue weighted by atomic mass is 10.0. The van der Waals surface area contributed by atoms with Gasteiger partial charge in [0.2, 0.25) is 0 Å². The molecule has 2 aromatic carbocycles. The maximum atomic E-state index is 13.1. The Morgan fingerprint density at radius 1 is 1.06 bits per heavy atom. The Kier molecular flexibility index (Phi) is 6.63. The Hall–Kier alpha value is -1.60. The van der Waals surface area contributed by atoms with Crippen LogP contribution in [0.4, 0.5) is 5.13 Å². The average molecular weight is 495 g/mol. The van der Waals surface area contributed by atoms with Crippen LogP contribution in [-0.2, 0) is 16.3 Å². The Labute approximate surface area is 197 Å². The molecule has 0 bridgehead atoms. The molecule has 1 saturated heterocycles. The number of sulfone groups is 1. The van der Waals surface area contributed by atoms with E-state index in [9.17, 15) is 8.42 Å². The molecule has 0 radical (unpaired) electrons. The third-order valence-corrected chi connectivity index (χ3v) is 9.49. The molecule has 0 amide bonds. The van der Waals surface area contributed by atoms with Crippen LogP contribution < -0.4 is 4.90 Å². The molecular weight excluding hydrogens is 471 g/mol. The number of anilines is 1. The fraction of sp³-hybridized carbons (Fsp3) is 0.348. The van der Waals surface area contributed by atoms with Crippen LogP contribution in [0.3, 0.4) is 0 Å². The Morgan fingerprint density at radius 3 is 2.39 bits per heavy atom. The summed E-state index contributed by atoms with van der Waals surface area (Å²) >= 11 is 13.7. The fourth-order valence-corrected chi connectivity index (χ4v) is 7.53. The van der Waals surface area contributed by atoms with Crippen LogP contribution >= 0.6 is 34.5 Å². The van der Waals surface area contributed by atoms with Crippen LogP contribution in [0.2, 0.25) is 10.0 Å². The highest BCUT2D eigenvalue weighted by Crippen LogP contribution is 2.33. The summed E-state index contributed by atoms with van der Waals surface area (Å²) in [6, 6.07) is 11.1. The van der Waals surface area contributed by atoms with E-state index in [1.165, 1.54) is 28.8 Å². The maximum Gasteiger partial charge on any atom is 0.185 e. The highest BCUT2D eigenvalue weighted by molar-refractivity contribution is 7.92. The van der Waals surface area contributed by atoms with Gasteiger partial charge in [-0.05, 0) is 50.5 Å². The van der Waals surface area contributed by atoms with Crippen LogP contribution in [0.25, 0.3) is 0 Å². The van der Waals surface area contributed by atoms with Crippen molar-refractivity contribution in [3.05, 3.63) is 74.2 Å². The normalized spacial score (nSPS) is 15.4. The summed E-state index contributed by atoms with van der Waals surface area (Å²) in [5.41, 5.74) is 4.83. The number of piperidine rings is 1. The first-order valence-corrected chi connectivity index (χ1v) is 13.4. The van der Waals surface area contributed by atoms with E-state index in [1.807, 2.05) is 0 Å². The Morgan fingerprint density at radius 2 is 1.74 bits per heavy atom. The van der Waals surface area contributed by atoms with Gasteiger partial charge in [-0.2, -0.15) is 0 Å². The van der Waals surface area contributed by atoms with E-state index in [-0.39, 0.29) is 9.92 Å². The molecule has 1 aromatic heterocycles. The molecule has 4 rings (SSSR count). The zero-order chi connectivity index (χ0) is 22.2. The second-order valence-corrected chi connectivity index (χ2v) is 12.0. The van der Waals surface area contributed by atoms with Gasteiger partial charge >= 0.3 is 0 Å². The van der Waals surface area contributed by atoms with Crippen molar-refractivity contribution in [2.45, 2.75) is 43.3 Å². The van der Waals surface area contributed by atoms with Crippen molar-refractivity contribution in [2.24, 2.45) is 0 Å². The van der Waals surface area contributed by atoms with E-state index in [0.717, 1.165) is 17.2 Å². The van der Waals surface area contributed by atoms with Crippen LogP contribution in [-0.4, -0.2) is 31.7 Å². The first kappa shape index (κ1) is 22.6. The molecule has 0 unspecified atom stereocenters. The molecule has 4 nitrogen and oxygen atoms in total. The molecule has 3 aromatic rings. The number of hydrogen-bond acceptors (Lipinski definition) is 5. The maximum absolute atomic E-state index is 13.1. The van der Waals surface area contributed by atoms with Crippen LogP contribution in [0.1, 0.15) is 35.2 Å². The molecule has 1 aliphatic heterocycles. The number of halogens is 2. The van der Waals surface area contributed by atoms with Crippen LogP contribution in [0.5, 0.6) is 0 Å². The molecule has 31 heavy (non-hydrogen) atoms. The molecule has 0 spiro atoms. The number of hydrogen-bond donors (Lipinski definition) is 0. The van der Waals surface area contributed by atoms with Gasteiger partial charge in [0.25, 0.3) is 0 Å². The van der Waals surface area contributed by atoms with Crippen molar-refractivity contribution in [3.8, 4) is 0 Å². The minimum absolute atomic E-state index is 0.169. The Balaban J connectivity index is 1.42. The second-order valence-electron chi connectivity index (χ2n) is 8.10. The zero-order valence-electron chi connectivity index (χ0n) is 17.4. The van der Waals surface area contributed by atoms with Crippen LogP contribution in [0, 0.1) is 13.8 Å². The van der Waals surface area contributed by atoms with Crippen molar-refractivity contribution in [1.29, 1.82) is 0 Å². The van der Waals surface area contributed by atoms with Gasteiger partial charge in [-0.15, -0.1) is 11.3 Å². The van der Waals surface area contributed by atoms with E-state index in [0.29, 0.717) is 31.0 Å². The summed E-state index contributed by atoms with van der Waals surface area (Å²) in [4.78, 5) is 7.17. The van der Waals surface area contributed by atoms with Crippen molar-refractivity contribution in [2.75, 3.05) is 18.0 Å². The van der Waals surface area contributed by atoms with Gasteiger partial charge < -0.3 is 4.90 Å². The number of thiazole rings is 1. The van der Waals surface area contributed by atoms with E-state index >= 15 is 0 Å². The van der Waals surface area contributed by atoms with Gasteiger partial charge in [0.1, 0.15) is 0 Å². The molecule has 0 N–H and O–H groups in total. The summed E-state index contributed by atoms with van der Waals surface area (Å²) in [5.74, 6) is 0. The predicted molar refractivity (Wildman–Crippen MR) is 130 cm³/mol. The molecule has 164 valence electrons. The van der Waals surface area contributed by atoms with Gasteiger partial charge in [-0.25, -0.2) is 13.4 Å². The number of aryl methyl sites for hydroxylation is 2. The fourth-order valence-electron chi connectivity index (χ4n) is 4.15. The molecule has 0 atom stereocenters. The third kappa shape index (κ3) is 5.08. The minimum atomic E-state index is -3.49. The SMILES string of the molecule is Cc1cc(C)cc(Cc2csc(N3CCC(S(=O)(=O)c4ccc(Cl)cc4Cl)CC3)n2)c1. The number of nitrogens with zero attached hydrogens (tertiary/aromatic N) is 2. The third-order valence-electron chi connectivity index (χ3n) is 5.56. The van der Waals surface area contributed by atoms with Crippen LogP contribution in [0.15, 0.2) is 46.7 Å². The highest BCUT2D eigenvalue weighted by Gasteiger charge is 2.33. The van der Waals surface area contributed by atoms with Crippen molar-refractivity contribution in [1.82, 2.24) is 4.98 Å². The number of aromatic nitrogens is 1. The lowest BCUT2D eigenvalue weighted by Crippen LogP contribution is -2.39. The summed E-state index contributed by atoms with van der Waals surface area (Å²) in [6.07, 6.45) is 1.90. The van der Waals surface area contributed by atoms with Crippen molar-refractivity contribution >= 4 is 49.5 Å². The van der Waals surface area contributed by atoms with Gasteiger partial charge in [0, 0.05) is 29.9 Å². The van der Waals surface area contributed by atoms with Gasteiger partial charge in [0.05, 0.1) is 20.9 Å². The second kappa shape index (κ2) is 9.10. The number of rotatable bonds is 5. The quantitative estimate of drug-likeness (QED) is 0.429. The van der Waals surface area contributed by atoms with E-state index < -0.39 is 15.1 Å². The molecular formula is C23H24Cl2N2O2S2. The first-order chi connectivity index (χ1) is 14.7. The largest absolute Gasteiger partial charge is 0.348 e. The summed E-state index contributed by atoms with van der Waals surface area (Å²) in [7, 11) is -3.49. The van der Waals surface area contributed by atoms with Crippen molar-refractivity contribution < 1.29 is 8.42 Å². The Bertz CT molecular complexity index is 1180. The highest BCUT2D eigenvalue weighted by atomic mass is 35.5. The topological polar surface area (TPSA) is 50.3 Å². The van der Waals surface area contributed by atoms with Gasteiger partial charge in [-0.1, -0.05) is 52.5 Å². The molecule has 2 heterocycles. The summed E-state index contributed by atoms with van der Waals surface area (Å²) in [5, 5.41) is 3.23. The summed E-state index contributed by atoms with van der Waals surface area (Å²) < 4.78 is 26.1. The molecule has 1 fully saturated rings. The number of benzene rings is 2. The van der Waals surface area contributed by atoms with Gasteiger partial charge in [0.15, 0.2) is 15.0 Å². The molecule has 0 saturated carbocycles. The average Bonchev–Trinajstić information content (AvgIpc) is 3.15. The minimum Gasteiger partial charge on any atom is -0.348 e. The van der Waals surface area contributed by atoms with Gasteiger partial charge in [-0.3, -0.25) is 0 Å². The van der Waals surface area contributed by atoms with Crippen molar-refractivity contribution in [3.63, 3.8) is 0 Å². The zero-order valence-corrected chi connectivity index (χ0v) is 20.6. The van der Waals surface area contributed by atoms with E-state index in [1.54, 1.807) is 17.4 Å². The standard InChI is InChI=1S/C23H24Cl2N2O2S2/c1-15-9-16(2)11-17(10-15)12-19-14-30-23(26-19)27-7-5-20(6-8-27)31(28,29)22-4-3-18(24)13-21(22)25/h3-4,9-11,13-14,20H,5-8,12H2,1-2H3. The monoisotopic (exact) mass is 494 g/mol.